The summed E-state index contributed by atoms with van der Waals surface area (Å²) in [5, 5.41) is -0.217. The number of carbonyl (C=O) groups excluding carboxylic acids is 1. The molecule has 0 N–H and O–H groups in total. The van der Waals surface area contributed by atoms with Crippen LogP contribution in [0.5, 0.6) is 0 Å². The molecule has 0 amide bonds. The van der Waals surface area contributed by atoms with Crippen molar-refractivity contribution >= 4 is 27.4 Å². The topological polar surface area (TPSA) is 86.2 Å². The van der Waals surface area contributed by atoms with Crippen molar-refractivity contribution in [3.63, 3.8) is 0 Å². The minimum Gasteiger partial charge on any atom is -0.463 e. The fraction of sp³-hybridized carbons (Fsp3) is 0.444. The zero-order valence-corrected chi connectivity index (χ0v) is 10.9. The third kappa shape index (κ3) is 3.37. The number of carbonyl (C=O) groups is 1. The smallest absolute Gasteiger partial charge is 0.376 e. The van der Waals surface area contributed by atoms with Crippen LogP contribution < -0.4 is 0 Å². The lowest BCUT2D eigenvalue weighted by Crippen LogP contribution is -2.15. The minimum absolute atomic E-state index is 0.0427. The number of nitrogens with zero attached hydrogens (tertiary/aromatic N) is 2. The van der Waals surface area contributed by atoms with E-state index in [1.165, 1.54) is 13.2 Å². The molecule has 0 bridgehead atoms. The number of aryl methyl sites for hydroxylation is 1. The van der Waals surface area contributed by atoms with E-state index in [1.54, 1.807) is 6.92 Å². The van der Waals surface area contributed by atoms with Gasteiger partial charge >= 0.3 is 5.97 Å². The Balaban J connectivity index is 3.27. The van der Waals surface area contributed by atoms with Crippen molar-refractivity contribution in [1.82, 2.24) is 9.97 Å². The Labute approximate surface area is 104 Å². The molecule has 0 radical (unpaired) electrons. The summed E-state index contributed by atoms with van der Waals surface area (Å²) >= 11 is 5.39. The van der Waals surface area contributed by atoms with Crippen LogP contribution in [0.3, 0.4) is 0 Å². The maximum Gasteiger partial charge on any atom is 0.376 e. The Bertz CT molecular complexity index is 530. The van der Waals surface area contributed by atoms with Crippen molar-refractivity contribution in [2.45, 2.75) is 11.9 Å². The second kappa shape index (κ2) is 5.42. The molecule has 0 unspecified atom stereocenters. The molecule has 0 atom stereocenters. The summed E-state index contributed by atoms with van der Waals surface area (Å²) in [5.74, 6) is -1.35. The van der Waals surface area contributed by atoms with Gasteiger partial charge in [-0.3, -0.25) is 0 Å². The number of alkyl halides is 1. The molecule has 0 fully saturated rings. The zero-order chi connectivity index (χ0) is 13.1. The van der Waals surface area contributed by atoms with Crippen LogP contribution in [0.15, 0.2) is 11.1 Å². The first kappa shape index (κ1) is 13.9. The van der Waals surface area contributed by atoms with Crippen LogP contribution in [0.1, 0.15) is 16.3 Å². The Kier molecular flexibility index (Phi) is 4.41. The highest BCUT2D eigenvalue weighted by Gasteiger charge is 2.20. The number of sulfone groups is 1. The summed E-state index contributed by atoms with van der Waals surface area (Å²) in [6, 6.07) is 1.29. The van der Waals surface area contributed by atoms with Gasteiger partial charge in [0.1, 0.15) is 0 Å². The molecule has 0 spiro atoms. The zero-order valence-electron chi connectivity index (χ0n) is 9.31. The highest BCUT2D eigenvalue weighted by molar-refractivity contribution is 7.91. The molecule has 0 saturated carbocycles. The monoisotopic (exact) mass is 278 g/mol. The number of hydrogen-bond acceptors (Lipinski definition) is 6. The molecule has 1 aromatic rings. The van der Waals surface area contributed by atoms with Gasteiger partial charge in [-0.1, -0.05) is 0 Å². The van der Waals surface area contributed by atoms with Crippen molar-refractivity contribution in [2.24, 2.45) is 0 Å². The SMILES string of the molecule is COC(=O)c1nc(C)cc(S(=O)(=O)CCCl)n1. The molecule has 0 aliphatic carbocycles. The van der Waals surface area contributed by atoms with Crippen molar-refractivity contribution in [3.05, 3.63) is 17.6 Å². The number of esters is 1. The van der Waals surface area contributed by atoms with E-state index in [-0.39, 0.29) is 22.5 Å². The van der Waals surface area contributed by atoms with E-state index in [4.69, 9.17) is 11.6 Å². The number of halogens is 1. The normalized spacial score (nSPS) is 11.2. The first-order valence-electron chi connectivity index (χ1n) is 4.63. The highest BCUT2D eigenvalue weighted by Crippen LogP contribution is 2.10. The highest BCUT2D eigenvalue weighted by atomic mass is 35.5. The molecule has 8 heteroatoms. The van der Waals surface area contributed by atoms with E-state index in [0.29, 0.717) is 5.69 Å². The molecule has 1 rings (SSSR count). The van der Waals surface area contributed by atoms with E-state index in [0.717, 1.165) is 0 Å². The van der Waals surface area contributed by atoms with Crippen LogP contribution in [0.2, 0.25) is 0 Å². The standard InChI is InChI=1S/C9H11ClN2O4S/c1-6-5-7(17(14,15)4-3-10)12-8(11-6)9(13)16-2/h5H,3-4H2,1-2H3. The Morgan fingerprint density at radius 2 is 2.12 bits per heavy atom. The maximum absolute atomic E-state index is 11.7. The van der Waals surface area contributed by atoms with Gasteiger partial charge in [0.25, 0.3) is 0 Å². The maximum atomic E-state index is 11.7. The lowest BCUT2D eigenvalue weighted by Gasteiger charge is -2.04. The van der Waals surface area contributed by atoms with Crippen LogP contribution in [0.25, 0.3) is 0 Å². The van der Waals surface area contributed by atoms with Gasteiger partial charge in [0.15, 0.2) is 14.9 Å². The van der Waals surface area contributed by atoms with Crippen LogP contribution >= 0.6 is 11.6 Å². The summed E-state index contributed by atoms with van der Waals surface area (Å²) in [4.78, 5) is 18.7. The van der Waals surface area contributed by atoms with Gasteiger partial charge in [-0.2, -0.15) is 0 Å². The third-order valence-electron chi connectivity index (χ3n) is 1.86. The summed E-state index contributed by atoms with van der Waals surface area (Å²) < 4.78 is 27.9. The first-order chi connectivity index (χ1) is 7.90. The summed E-state index contributed by atoms with van der Waals surface area (Å²) in [6.45, 7) is 1.56. The lowest BCUT2D eigenvalue weighted by atomic mass is 10.4. The molecule has 0 aliphatic rings. The fourth-order valence-corrected chi connectivity index (χ4v) is 2.69. The first-order valence-corrected chi connectivity index (χ1v) is 6.82. The van der Waals surface area contributed by atoms with Crippen LogP contribution in [0, 0.1) is 6.92 Å². The predicted molar refractivity (Wildman–Crippen MR) is 60.9 cm³/mol. The van der Waals surface area contributed by atoms with Gasteiger partial charge in [-0.15, -0.1) is 11.6 Å². The third-order valence-corrected chi connectivity index (χ3v) is 3.86. The van der Waals surface area contributed by atoms with E-state index < -0.39 is 15.8 Å². The van der Waals surface area contributed by atoms with E-state index in [1.807, 2.05) is 0 Å². The van der Waals surface area contributed by atoms with Crippen molar-refractivity contribution < 1.29 is 17.9 Å². The van der Waals surface area contributed by atoms with Crippen LogP contribution in [-0.4, -0.2) is 43.1 Å². The molecule has 0 saturated heterocycles. The molecule has 17 heavy (non-hydrogen) atoms. The van der Waals surface area contributed by atoms with Gasteiger partial charge < -0.3 is 4.74 Å². The summed E-state index contributed by atoms with van der Waals surface area (Å²) in [7, 11) is -2.42. The number of rotatable bonds is 4. The molecular weight excluding hydrogens is 268 g/mol. The average Bonchev–Trinajstić information content (AvgIpc) is 2.27. The van der Waals surface area contributed by atoms with Gasteiger partial charge in [0.2, 0.25) is 5.82 Å². The van der Waals surface area contributed by atoms with Crippen molar-refractivity contribution in [1.29, 1.82) is 0 Å². The average molecular weight is 279 g/mol. The van der Waals surface area contributed by atoms with Gasteiger partial charge in [-0.05, 0) is 13.0 Å². The second-order valence-corrected chi connectivity index (χ2v) is 5.60. The Morgan fingerprint density at radius 1 is 1.47 bits per heavy atom. The van der Waals surface area contributed by atoms with Crippen LogP contribution in [0.4, 0.5) is 0 Å². The van der Waals surface area contributed by atoms with E-state index in [9.17, 15) is 13.2 Å². The molecule has 1 heterocycles. The number of aromatic nitrogens is 2. The number of hydrogen-bond donors (Lipinski definition) is 0. The van der Waals surface area contributed by atoms with Gasteiger partial charge in [0.05, 0.1) is 12.9 Å². The largest absolute Gasteiger partial charge is 0.463 e. The van der Waals surface area contributed by atoms with Crippen molar-refractivity contribution in [3.8, 4) is 0 Å². The van der Waals surface area contributed by atoms with Crippen molar-refractivity contribution in [2.75, 3.05) is 18.7 Å². The number of ether oxygens (including phenoxy) is 1. The number of methoxy groups -OCH3 is 1. The molecular formula is C9H11ClN2O4S. The lowest BCUT2D eigenvalue weighted by molar-refractivity contribution is 0.0585. The van der Waals surface area contributed by atoms with Gasteiger partial charge in [-0.25, -0.2) is 23.2 Å². The molecule has 6 nitrogen and oxygen atoms in total. The summed E-state index contributed by atoms with van der Waals surface area (Å²) in [5.41, 5.74) is 0.369. The van der Waals surface area contributed by atoms with E-state index >= 15 is 0 Å². The predicted octanol–water partition coefficient (Wildman–Crippen LogP) is 0.584. The minimum atomic E-state index is -3.59. The molecule has 94 valence electrons. The molecule has 0 aromatic carbocycles. The summed E-state index contributed by atoms with van der Waals surface area (Å²) in [6.07, 6.45) is 0. The van der Waals surface area contributed by atoms with E-state index in [2.05, 4.69) is 14.7 Å². The molecule has 0 aliphatic heterocycles. The quantitative estimate of drug-likeness (QED) is 0.455. The van der Waals surface area contributed by atoms with Crippen LogP contribution in [-0.2, 0) is 14.6 Å². The Hall–Kier alpha value is -1.21. The van der Waals surface area contributed by atoms with Gasteiger partial charge in [0, 0.05) is 11.6 Å². The second-order valence-electron chi connectivity index (χ2n) is 3.17. The Morgan fingerprint density at radius 3 is 2.65 bits per heavy atom. The molecule has 1 aromatic heterocycles. The fourth-order valence-electron chi connectivity index (χ4n) is 1.09.